The van der Waals surface area contributed by atoms with Crippen molar-refractivity contribution in [1.29, 1.82) is 0 Å². The number of aryl methyl sites for hydroxylation is 1. The van der Waals surface area contributed by atoms with Crippen LogP contribution < -0.4 is 15.0 Å². The van der Waals surface area contributed by atoms with E-state index in [4.69, 9.17) is 4.74 Å². The van der Waals surface area contributed by atoms with E-state index < -0.39 is 10.0 Å². The Morgan fingerprint density at radius 1 is 0.972 bits per heavy atom. The first-order chi connectivity index (χ1) is 17.4. The second-order valence-electron chi connectivity index (χ2n) is 9.48. The number of likely N-dealkylation sites (N-methyl/N-ethyl adjacent to an activating group) is 1. The molecule has 2 fully saturated rings. The van der Waals surface area contributed by atoms with Gasteiger partial charge in [0.2, 0.25) is 15.9 Å². The van der Waals surface area contributed by atoms with Gasteiger partial charge in [-0.25, -0.2) is 8.42 Å². The smallest absolute Gasteiger partial charge is 0.243 e. The van der Waals surface area contributed by atoms with Gasteiger partial charge in [0, 0.05) is 39.3 Å². The number of piperazine rings is 1. The highest BCUT2D eigenvalue weighted by Gasteiger charge is 2.28. The van der Waals surface area contributed by atoms with Gasteiger partial charge < -0.3 is 19.9 Å². The Morgan fingerprint density at radius 3 is 2.39 bits per heavy atom. The third-order valence-corrected chi connectivity index (χ3v) is 8.93. The minimum absolute atomic E-state index is 0.167. The van der Waals surface area contributed by atoms with Crippen molar-refractivity contribution in [1.82, 2.24) is 9.21 Å². The van der Waals surface area contributed by atoms with Crippen molar-refractivity contribution >= 4 is 27.3 Å². The van der Waals surface area contributed by atoms with Crippen LogP contribution in [0.1, 0.15) is 38.2 Å². The van der Waals surface area contributed by atoms with Crippen LogP contribution in [0.3, 0.4) is 0 Å². The van der Waals surface area contributed by atoms with Crippen LogP contribution in [0.4, 0.5) is 11.4 Å². The van der Waals surface area contributed by atoms with Crippen LogP contribution in [0.5, 0.6) is 5.75 Å². The average Bonchev–Trinajstić information content (AvgIpc) is 2.90. The first-order valence-corrected chi connectivity index (χ1v) is 14.4. The molecule has 1 amide bonds. The molecule has 0 atom stereocenters. The molecule has 0 aromatic heterocycles. The molecule has 8 nitrogen and oxygen atoms in total. The number of hydrogen-bond acceptors (Lipinski definition) is 6. The average molecular weight is 515 g/mol. The molecule has 0 bridgehead atoms. The van der Waals surface area contributed by atoms with Gasteiger partial charge in [0.1, 0.15) is 5.75 Å². The highest BCUT2D eigenvalue weighted by Crippen LogP contribution is 2.32. The molecule has 2 saturated heterocycles. The summed E-state index contributed by atoms with van der Waals surface area (Å²) >= 11 is 0. The molecule has 196 valence electrons. The summed E-state index contributed by atoms with van der Waals surface area (Å²) in [6, 6.07) is 12.9. The van der Waals surface area contributed by atoms with Crippen LogP contribution in [0.15, 0.2) is 47.4 Å². The zero-order valence-corrected chi connectivity index (χ0v) is 22.2. The van der Waals surface area contributed by atoms with E-state index in [9.17, 15) is 13.2 Å². The number of nitrogens with one attached hydrogen (secondary N) is 1. The fourth-order valence-corrected chi connectivity index (χ4v) is 6.34. The van der Waals surface area contributed by atoms with Gasteiger partial charge in [0.25, 0.3) is 0 Å². The van der Waals surface area contributed by atoms with Gasteiger partial charge in [-0.05, 0) is 56.1 Å². The number of piperidine rings is 1. The lowest BCUT2D eigenvalue weighted by Gasteiger charge is -2.36. The van der Waals surface area contributed by atoms with Crippen LogP contribution >= 0.6 is 0 Å². The van der Waals surface area contributed by atoms with Crippen molar-refractivity contribution in [2.45, 2.75) is 44.4 Å². The van der Waals surface area contributed by atoms with Gasteiger partial charge in [0.15, 0.2) is 0 Å². The van der Waals surface area contributed by atoms with E-state index >= 15 is 0 Å². The Labute approximate surface area is 215 Å². The first-order valence-electron chi connectivity index (χ1n) is 13.0. The summed E-state index contributed by atoms with van der Waals surface area (Å²) in [6.45, 7) is 9.97. The van der Waals surface area contributed by atoms with E-state index in [0.29, 0.717) is 18.8 Å². The zero-order chi connectivity index (χ0) is 25.5. The van der Waals surface area contributed by atoms with Crippen molar-refractivity contribution in [2.24, 2.45) is 0 Å². The highest BCUT2D eigenvalue weighted by molar-refractivity contribution is 7.89. The molecular weight excluding hydrogens is 476 g/mol. The van der Waals surface area contributed by atoms with Gasteiger partial charge in [-0.15, -0.1) is 0 Å². The van der Waals surface area contributed by atoms with E-state index in [1.807, 2.05) is 37.3 Å². The number of amides is 1. The minimum Gasteiger partial charge on any atom is -0.493 e. The van der Waals surface area contributed by atoms with Crippen molar-refractivity contribution in [2.75, 3.05) is 62.6 Å². The molecule has 0 saturated carbocycles. The number of ether oxygens (including phenoxy) is 1. The Balaban J connectivity index is 1.51. The van der Waals surface area contributed by atoms with Crippen LogP contribution in [0.25, 0.3) is 0 Å². The van der Waals surface area contributed by atoms with Crippen molar-refractivity contribution in [3.05, 3.63) is 48.0 Å². The summed E-state index contributed by atoms with van der Waals surface area (Å²) < 4.78 is 34.0. The second kappa shape index (κ2) is 12.1. The molecule has 4 rings (SSSR count). The van der Waals surface area contributed by atoms with Crippen molar-refractivity contribution in [3.8, 4) is 5.75 Å². The molecule has 0 radical (unpaired) electrons. The number of carbonyl (C=O) groups is 1. The van der Waals surface area contributed by atoms with Gasteiger partial charge in [-0.2, -0.15) is 4.31 Å². The topological polar surface area (TPSA) is 82.2 Å². The van der Waals surface area contributed by atoms with Gasteiger partial charge in [-0.3, -0.25) is 4.79 Å². The maximum absolute atomic E-state index is 13.3. The molecule has 2 aliphatic rings. The lowest BCUT2D eigenvalue weighted by atomic mass is 10.2. The molecular formula is C27H38N4O4S. The van der Waals surface area contributed by atoms with Crippen LogP contribution in [0, 0.1) is 6.92 Å². The molecule has 0 spiro atoms. The van der Waals surface area contributed by atoms with E-state index in [-0.39, 0.29) is 23.8 Å². The summed E-state index contributed by atoms with van der Waals surface area (Å²) in [7, 11) is -3.61. The van der Waals surface area contributed by atoms with Crippen LogP contribution in [0.2, 0.25) is 0 Å². The zero-order valence-electron chi connectivity index (χ0n) is 21.4. The summed E-state index contributed by atoms with van der Waals surface area (Å²) in [4.78, 5) is 17.7. The predicted molar refractivity (Wildman–Crippen MR) is 143 cm³/mol. The lowest BCUT2D eigenvalue weighted by Crippen LogP contribution is -2.46. The molecule has 9 heteroatoms. The summed E-state index contributed by atoms with van der Waals surface area (Å²) in [5, 5.41) is 2.99. The van der Waals surface area contributed by atoms with E-state index in [1.54, 1.807) is 16.4 Å². The Morgan fingerprint density at radius 2 is 1.69 bits per heavy atom. The number of anilines is 2. The third kappa shape index (κ3) is 6.38. The van der Waals surface area contributed by atoms with Crippen LogP contribution in [-0.2, 0) is 14.8 Å². The number of rotatable bonds is 9. The Hall–Kier alpha value is -2.62. The van der Waals surface area contributed by atoms with E-state index in [2.05, 4.69) is 22.0 Å². The van der Waals surface area contributed by atoms with Gasteiger partial charge in [0.05, 0.1) is 29.3 Å². The molecule has 2 aromatic rings. The predicted octanol–water partition coefficient (Wildman–Crippen LogP) is 3.72. The molecule has 2 aliphatic heterocycles. The minimum atomic E-state index is -3.61. The molecule has 0 unspecified atom stereocenters. The Kier molecular flexibility index (Phi) is 8.87. The van der Waals surface area contributed by atoms with Crippen LogP contribution in [-0.4, -0.2) is 76.0 Å². The van der Waals surface area contributed by atoms with Crippen molar-refractivity contribution in [3.63, 3.8) is 0 Å². The largest absolute Gasteiger partial charge is 0.493 e. The van der Waals surface area contributed by atoms with E-state index in [0.717, 1.165) is 69.0 Å². The monoisotopic (exact) mass is 514 g/mol. The fraction of sp³-hybridized carbons (Fsp3) is 0.519. The second-order valence-corrected chi connectivity index (χ2v) is 11.4. The molecule has 2 heterocycles. The molecule has 36 heavy (non-hydrogen) atoms. The SMILES string of the molecule is CCN1CCN(c2ccc(S(=O)(=O)N3CCCCC3)cc2NC(=O)CCOc2ccccc2C)CC1. The highest BCUT2D eigenvalue weighted by atomic mass is 32.2. The quantitative estimate of drug-likeness (QED) is 0.549. The number of nitrogens with zero attached hydrogens (tertiary/aromatic N) is 3. The molecule has 1 N–H and O–H groups in total. The van der Waals surface area contributed by atoms with E-state index in [1.165, 1.54) is 0 Å². The summed E-state index contributed by atoms with van der Waals surface area (Å²) in [5.41, 5.74) is 2.41. The van der Waals surface area contributed by atoms with Gasteiger partial charge >= 0.3 is 0 Å². The molecule has 2 aromatic carbocycles. The normalized spacial score (nSPS) is 17.7. The number of para-hydroxylation sites is 1. The standard InChI is InChI=1S/C27H38N4O4S/c1-3-29-16-18-30(19-17-29)25-12-11-23(36(33,34)31-14-7-4-8-15-31)21-24(25)28-27(32)13-20-35-26-10-6-5-9-22(26)2/h5-6,9-12,21H,3-4,7-8,13-20H2,1-2H3,(H,28,32). The van der Waals surface area contributed by atoms with Crippen molar-refractivity contribution < 1.29 is 17.9 Å². The summed E-state index contributed by atoms with van der Waals surface area (Å²) in [5.74, 6) is 0.555. The number of benzene rings is 2. The first kappa shape index (κ1) is 26.4. The number of sulfonamides is 1. The maximum atomic E-state index is 13.3. The lowest BCUT2D eigenvalue weighted by molar-refractivity contribution is -0.116. The number of hydrogen-bond donors (Lipinski definition) is 1. The Bertz CT molecular complexity index is 1140. The molecule has 0 aliphatic carbocycles. The maximum Gasteiger partial charge on any atom is 0.243 e. The number of carbonyl (C=O) groups excluding carboxylic acids is 1. The fourth-order valence-electron chi connectivity index (χ4n) is 4.80. The van der Waals surface area contributed by atoms with Gasteiger partial charge in [-0.1, -0.05) is 31.5 Å². The third-order valence-electron chi connectivity index (χ3n) is 7.04. The summed E-state index contributed by atoms with van der Waals surface area (Å²) in [6.07, 6.45) is 2.98.